The predicted octanol–water partition coefficient (Wildman–Crippen LogP) is 6.22. The molecule has 0 aliphatic carbocycles. The van der Waals surface area contributed by atoms with E-state index in [1.807, 2.05) is 73.0 Å². The number of aliphatic carboxylic acids is 1. The van der Waals surface area contributed by atoms with Gasteiger partial charge in [-0.05, 0) is 61.4 Å². The number of carboxylic acids is 1. The molecular weight excluding hydrogens is 462 g/mol. The minimum absolute atomic E-state index is 0.373. The predicted molar refractivity (Wildman–Crippen MR) is 136 cm³/mol. The summed E-state index contributed by atoms with van der Waals surface area (Å²) in [6.07, 6.45) is 1.41. The molecule has 4 aromatic rings. The van der Waals surface area contributed by atoms with Crippen LogP contribution in [0.25, 0.3) is 10.8 Å². The summed E-state index contributed by atoms with van der Waals surface area (Å²) in [7, 11) is 1.58. The van der Waals surface area contributed by atoms with Gasteiger partial charge in [-0.1, -0.05) is 42.5 Å². The number of nitrogens with zero attached hydrogens (tertiary/aromatic N) is 1. The first-order chi connectivity index (χ1) is 16.9. The summed E-state index contributed by atoms with van der Waals surface area (Å²) in [5.74, 6) is 1.77. The minimum Gasteiger partial charge on any atom is -0.493 e. The van der Waals surface area contributed by atoms with Crippen molar-refractivity contribution in [3.8, 4) is 22.3 Å². The van der Waals surface area contributed by atoms with Crippen molar-refractivity contribution >= 4 is 17.3 Å². The molecule has 1 N–H and O–H groups in total. The molecule has 0 aliphatic rings. The van der Waals surface area contributed by atoms with Gasteiger partial charge in [0.25, 0.3) is 0 Å². The van der Waals surface area contributed by atoms with Gasteiger partial charge in [0.2, 0.25) is 5.89 Å². The highest BCUT2D eigenvalue weighted by Crippen LogP contribution is 2.33. The Morgan fingerprint density at radius 1 is 1.06 bits per heavy atom. The van der Waals surface area contributed by atoms with Gasteiger partial charge in [-0.25, -0.2) is 4.98 Å². The lowest BCUT2D eigenvalue weighted by Crippen LogP contribution is -2.32. The number of hydrogen-bond acceptors (Lipinski definition) is 6. The van der Waals surface area contributed by atoms with Crippen LogP contribution >= 0.6 is 11.3 Å². The number of rotatable bonds is 11. The first kappa shape index (κ1) is 24.5. The Hall–Kier alpha value is -3.58. The van der Waals surface area contributed by atoms with Crippen molar-refractivity contribution in [2.75, 3.05) is 13.7 Å². The highest BCUT2D eigenvalue weighted by Gasteiger charge is 2.34. The van der Waals surface area contributed by atoms with Crippen LogP contribution in [0, 0.1) is 12.3 Å². The van der Waals surface area contributed by atoms with Gasteiger partial charge in [0.05, 0.1) is 29.7 Å². The normalized spacial score (nSPS) is 12.8. The van der Waals surface area contributed by atoms with Crippen LogP contribution in [-0.2, 0) is 24.1 Å². The molecule has 7 heteroatoms. The van der Waals surface area contributed by atoms with Gasteiger partial charge in [0, 0.05) is 6.42 Å². The van der Waals surface area contributed by atoms with Crippen molar-refractivity contribution in [1.82, 2.24) is 4.98 Å². The Balaban J connectivity index is 1.42. The zero-order valence-electron chi connectivity index (χ0n) is 20.1. The van der Waals surface area contributed by atoms with Gasteiger partial charge in [0.1, 0.15) is 5.76 Å². The van der Waals surface area contributed by atoms with E-state index >= 15 is 0 Å². The Bertz CT molecular complexity index is 1270. The number of hydrogen-bond donors (Lipinski definition) is 1. The second-order valence-electron chi connectivity index (χ2n) is 8.79. The van der Waals surface area contributed by atoms with E-state index in [9.17, 15) is 9.90 Å². The van der Waals surface area contributed by atoms with Gasteiger partial charge in [-0.15, -0.1) is 11.3 Å². The van der Waals surface area contributed by atoms with Crippen LogP contribution in [0.1, 0.15) is 29.5 Å². The highest BCUT2D eigenvalue weighted by molar-refractivity contribution is 7.13. The van der Waals surface area contributed by atoms with Crippen molar-refractivity contribution < 1.29 is 23.8 Å². The lowest BCUT2D eigenvalue weighted by molar-refractivity contribution is -0.147. The first-order valence-electron chi connectivity index (χ1n) is 11.5. The molecule has 0 amide bonds. The molecule has 0 aliphatic heterocycles. The third kappa shape index (κ3) is 5.92. The highest BCUT2D eigenvalue weighted by atomic mass is 32.1. The minimum atomic E-state index is -0.945. The second-order valence-corrected chi connectivity index (χ2v) is 9.74. The lowest BCUT2D eigenvalue weighted by atomic mass is 9.78. The van der Waals surface area contributed by atoms with E-state index in [1.54, 1.807) is 25.4 Å². The zero-order valence-corrected chi connectivity index (χ0v) is 20.9. The average Bonchev–Trinajstić information content (AvgIpc) is 3.50. The Morgan fingerprint density at radius 3 is 2.51 bits per heavy atom. The number of carboxylic acid groups (broad SMARTS) is 1. The van der Waals surface area contributed by atoms with Crippen LogP contribution in [0.4, 0.5) is 0 Å². The standard InChI is InChI=1S/C28H29NO5S/c1-19-22(29-26(34-19)25-10-7-15-35-25)13-14-33-23-12-11-21(16-24(23)32-3)18-28(2,27(30)31)17-20-8-5-4-6-9-20/h4-12,15-16H,13-14,17-18H2,1-3H3,(H,30,31). The van der Waals surface area contributed by atoms with Crippen molar-refractivity contribution in [3.63, 3.8) is 0 Å². The van der Waals surface area contributed by atoms with Crippen LogP contribution in [0.5, 0.6) is 11.5 Å². The molecule has 0 spiro atoms. The van der Waals surface area contributed by atoms with E-state index in [4.69, 9.17) is 13.9 Å². The molecule has 4 rings (SSSR count). The summed E-state index contributed by atoms with van der Waals surface area (Å²) in [4.78, 5) is 17.8. The fourth-order valence-electron chi connectivity index (χ4n) is 4.08. The molecule has 35 heavy (non-hydrogen) atoms. The number of aryl methyl sites for hydroxylation is 1. The fourth-order valence-corrected chi connectivity index (χ4v) is 4.72. The van der Waals surface area contributed by atoms with E-state index in [0.29, 0.717) is 43.3 Å². The smallest absolute Gasteiger partial charge is 0.310 e. The van der Waals surface area contributed by atoms with Gasteiger partial charge < -0.3 is 19.0 Å². The summed E-state index contributed by atoms with van der Waals surface area (Å²) in [5.41, 5.74) is 1.79. The number of carbonyl (C=O) groups is 1. The average molecular weight is 492 g/mol. The van der Waals surface area contributed by atoms with Crippen molar-refractivity contribution in [2.45, 2.75) is 33.1 Å². The summed E-state index contributed by atoms with van der Waals surface area (Å²) in [6, 6.07) is 19.3. The maximum absolute atomic E-state index is 12.2. The second kappa shape index (κ2) is 10.8. The number of aromatic nitrogens is 1. The summed E-state index contributed by atoms with van der Waals surface area (Å²) in [6.45, 7) is 4.10. The van der Waals surface area contributed by atoms with E-state index in [-0.39, 0.29) is 0 Å². The van der Waals surface area contributed by atoms with Crippen LogP contribution < -0.4 is 9.47 Å². The van der Waals surface area contributed by atoms with Gasteiger partial charge in [0.15, 0.2) is 11.5 Å². The molecule has 2 aromatic heterocycles. The number of ether oxygens (including phenoxy) is 2. The Morgan fingerprint density at radius 2 is 1.83 bits per heavy atom. The topological polar surface area (TPSA) is 81.8 Å². The molecule has 0 radical (unpaired) electrons. The van der Waals surface area contributed by atoms with E-state index in [0.717, 1.165) is 27.5 Å². The fraction of sp³-hybridized carbons (Fsp3) is 0.286. The van der Waals surface area contributed by atoms with Gasteiger partial charge in [-0.3, -0.25) is 4.79 Å². The lowest BCUT2D eigenvalue weighted by Gasteiger charge is -2.25. The molecule has 6 nitrogen and oxygen atoms in total. The van der Waals surface area contributed by atoms with Crippen molar-refractivity contribution in [2.24, 2.45) is 5.41 Å². The quantitative estimate of drug-likeness (QED) is 0.268. The molecular formula is C28H29NO5S. The third-order valence-electron chi connectivity index (χ3n) is 6.00. The van der Waals surface area contributed by atoms with E-state index in [1.165, 1.54) is 0 Å². The first-order valence-corrected chi connectivity index (χ1v) is 12.3. The number of benzene rings is 2. The molecule has 2 aromatic carbocycles. The number of methoxy groups -OCH3 is 1. The Kier molecular flexibility index (Phi) is 7.56. The summed E-state index contributed by atoms with van der Waals surface area (Å²) < 4.78 is 17.4. The summed E-state index contributed by atoms with van der Waals surface area (Å²) >= 11 is 1.59. The zero-order chi connectivity index (χ0) is 24.8. The Labute approximate surface area is 209 Å². The maximum atomic E-state index is 12.2. The molecule has 2 heterocycles. The molecule has 0 saturated heterocycles. The summed E-state index contributed by atoms with van der Waals surface area (Å²) in [5, 5.41) is 12.0. The van der Waals surface area contributed by atoms with E-state index in [2.05, 4.69) is 4.98 Å². The molecule has 182 valence electrons. The molecule has 1 atom stereocenters. The van der Waals surface area contributed by atoms with Gasteiger partial charge >= 0.3 is 5.97 Å². The maximum Gasteiger partial charge on any atom is 0.310 e. The van der Waals surface area contributed by atoms with Crippen LogP contribution in [0.15, 0.2) is 70.5 Å². The van der Waals surface area contributed by atoms with Crippen LogP contribution in [0.3, 0.4) is 0 Å². The number of oxazole rings is 1. The molecule has 0 fully saturated rings. The van der Waals surface area contributed by atoms with E-state index < -0.39 is 11.4 Å². The molecule has 0 bridgehead atoms. The molecule has 1 unspecified atom stereocenters. The third-order valence-corrected chi connectivity index (χ3v) is 6.85. The van der Waals surface area contributed by atoms with Gasteiger partial charge in [-0.2, -0.15) is 0 Å². The molecule has 0 saturated carbocycles. The van der Waals surface area contributed by atoms with Crippen molar-refractivity contribution in [3.05, 3.63) is 88.6 Å². The largest absolute Gasteiger partial charge is 0.493 e. The van der Waals surface area contributed by atoms with Crippen LogP contribution in [0.2, 0.25) is 0 Å². The number of thiophene rings is 1. The van der Waals surface area contributed by atoms with Crippen LogP contribution in [-0.4, -0.2) is 29.8 Å². The SMILES string of the molecule is COc1cc(CC(C)(Cc2ccccc2)C(=O)O)ccc1OCCc1nc(-c2cccs2)oc1C. The van der Waals surface area contributed by atoms with Crippen molar-refractivity contribution in [1.29, 1.82) is 0 Å². The monoisotopic (exact) mass is 491 g/mol.